The quantitative estimate of drug-likeness (QED) is 0.133. The summed E-state index contributed by atoms with van der Waals surface area (Å²) >= 11 is 0. The smallest absolute Gasteiger partial charge is 0.504 e. The van der Waals surface area contributed by atoms with Crippen LogP contribution in [0.3, 0.4) is 0 Å². The van der Waals surface area contributed by atoms with E-state index in [0.717, 1.165) is 50.8 Å². The fourth-order valence-electron chi connectivity index (χ4n) is 7.30. The minimum atomic E-state index is 0. The molecule has 7 heteroatoms. The van der Waals surface area contributed by atoms with Crippen LogP contribution in [0.4, 0.5) is 34.1 Å². The third-order valence-electron chi connectivity index (χ3n) is 9.32. The Kier molecular flexibility index (Phi) is 6.15. The van der Waals surface area contributed by atoms with E-state index in [-0.39, 0.29) is 21.1 Å². The van der Waals surface area contributed by atoms with Gasteiger partial charge in [-0.25, -0.2) is 0 Å². The van der Waals surface area contributed by atoms with E-state index >= 15 is 0 Å². The molecule has 0 fully saturated rings. The van der Waals surface area contributed by atoms with Crippen LogP contribution in [-0.2, 0) is 28.1 Å². The summed E-state index contributed by atoms with van der Waals surface area (Å²) in [6, 6.07) is 50.6. The molecule has 2 aliphatic heterocycles. The second-order valence-electron chi connectivity index (χ2n) is 11.9. The zero-order valence-electron chi connectivity index (χ0n) is 25.6. The third kappa shape index (κ3) is 3.91. The van der Waals surface area contributed by atoms with Gasteiger partial charge in [-0.2, -0.15) is 24.9 Å². The number of hydrogen-bond acceptors (Lipinski definition) is 3. The Balaban J connectivity index is 0.00000302. The monoisotopic (exact) mass is 786 g/mol. The van der Waals surface area contributed by atoms with Crippen LogP contribution >= 0.6 is 0 Å². The van der Waals surface area contributed by atoms with Gasteiger partial charge in [0.15, 0.2) is 0 Å². The van der Waals surface area contributed by atoms with Gasteiger partial charge in [0.2, 0.25) is 6.33 Å². The van der Waals surface area contributed by atoms with E-state index in [1.165, 1.54) is 27.5 Å². The predicted octanol–water partition coefficient (Wildman–Crippen LogP) is 8.44. The average Bonchev–Trinajstić information content (AvgIpc) is 3.75. The molecule has 0 aliphatic carbocycles. The zero-order valence-corrected chi connectivity index (χ0v) is 27.9. The third-order valence-corrected chi connectivity index (χ3v) is 9.32. The number of anilines is 6. The molecule has 0 N–H and O–H groups in total. The van der Waals surface area contributed by atoms with Gasteiger partial charge in [-0.05, 0) is 42.7 Å². The van der Waals surface area contributed by atoms with Gasteiger partial charge in [0.05, 0.1) is 29.3 Å². The van der Waals surface area contributed by atoms with Gasteiger partial charge in [0.25, 0.3) is 0 Å². The summed E-state index contributed by atoms with van der Waals surface area (Å²) in [5.74, 6) is 0. The molecule has 0 bridgehead atoms. The number of imidazole rings is 1. The Hall–Kier alpha value is -5.32. The number of nitrogens with zero attached hydrogens (tertiary/aromatic N) is 6. The van der Waals surface area contributed by atoms with Crippen molar-refractivity contribution in [2.75, 3.05) is 21.7 Å². The number of aryl methyl sites for hydroxylation is 1. The molecule has 4 heterocycles. The molecular formula is C40H27N6Pt+. The van der Waals surface area contributed by atoms with E-state index in [2.05, 4.69) is 177 Å². The summed E-state index contributed by atoms with van der Waals surface area (Å²) in [7, 11) is 4.12. The maximum absolute atomic E-state index is 3.88. The number of benzene rings is 6. The second kappa shape index (κ2) is 10.3. The summed E-state index contributed by atoms with van der Waals surface area (Å²) in [6.07, 6.45) is 3.49. The number of fused-ring (bicyclic) bond motifs is 7. The number of rotatable bonds is 3. The SMILES string of the molecule is CN1[CH-]N(c2[c-]c3c(cc2)-n2c4ccccc4c4cccc(c42)N3c2[c-]c(-n3[c-][n+](C)c4ccccc43)ccc2)c2ccccc21.[Pt+4]. The molecule has 10 rings (SSSR count). The van der Waals surface area contributed by atoms with Crippen LogP contribution in [0.1, 0.15) is 0 Å². The largest absolute Gasteiger partial charge is 4.00 e. The van der Waals surface area contributed by atoms with Crippen molar-refractivity contribution < 1.29 is 25.6 Å². The maximum Gasteiger partial charge on any atom is 4.00 e. The molecule has 2 aromatic heterocycles. The summed E-state index contributed by atoms with van der Waals surface area (Å²) in [6.45, 7) is 2.13. The Morgan fingerprint density at radius 2 is 1.30 bits per heavy atom. The van der Waals surface area contributed by atoms with Crippen molar-refractivity contribution in [3.63, 3.8) is 0 Å². The van der Waals surface area contributed by atoms with Crippen molar-refractivity contribution in [1.29, 1.82) is 0 Å². The zero-order chi connectivity index (χ0) is 30.5. The molecule has 0 saturated heterocycles. The minimum Gasteiger partial charge on any atom is -0.504 e. The first-order chi connectivity index (χ1) is 22.7. The number of aromatic nitrogens is 3. The van der Waals surface area contributed by atoms with Crippen LogP contribution in [0.2, 0.25) is 0 Å². The predicted molar refractivity (Wildman–Crippen MR) is 185 cm³/mol. The van der Waals surface area contributed by atoms with Gasteiger partial charge < -0.3 is 28.4 Å². The topological polar surface area (TPSA) is 23.5 Å². The Morgan fingerprint density at radius 3 is 2.19 bits per heavy atom. The molecule has 8 aromatic rings. The minimum absolute atomic E-state index is 0. The fraction of sp³-hybridized carbons (Fsp3) is 0.0500. The van der Waals surface area contributed by atoms with Crippen molar-refractivity contribution in [3.05, 3.63) is 146 Å². The van der Waals surface area contributed by atoms with Gasteiger partial charge in [-0.15, -0.1) is 30.0 Å². The van der Waals surface area contributed by atoms with Crippen LogP contribution in [0.25, 0.3) is 44.2 Å². The molecule has 226 valence electrons. The first-order valence-corrected chi connectivity index (χ1v) is 15.4. The summed E-state index contributed by atoms with van der Waals surface area (Å²) in [4.78, 5) is 6.70. The Morgan fingerprint density at radius 1 is 0.596 bits per heavy atom. The van der Waals surface area contributed by atoms with Gasteiger partial charge in [0.1, 0.15) is 0 Å². The van der Waals surface area contributed by atoms with Crippen LogP contribution in [-0.4, -0.2) is 16.2 Å². The summed E-state index contributed by atoms with van der Waals surface area (Å²) in [5.41, 5.74) is 12.8. The average molecular weight is 787 g/mol. The number of hydrogen-bond donors (Lipinski definition) is 0. The molecule has 47 heavy (non-hydrogen) atoms. The molecule has 0 atom stereocenters. The summed E-state index contributed by atoms with van der Waals surface area (Å²) < 4.78 is 6.52. The van der Waals surface area contributed by atoms with Crippen LogP contribution in [0.15, 0.2) is 121 Å². The van der Waals surface area contributed by atoms with Gasteiger partial charge in [-0.1, -0.05) is 78.1 Å². The van der Waals surface area contributed by atoms with Crippen molar-refractivity contribution >= 4 is 67.0 Å². The molecule has 0 amide bonds. The molecule has 6 nitrogen and oxygen atoms in total. The van der Waals surface area contributed by atoms with E-state index in [0.29, 0.717) is 0 Å². The molecule has 6 aromatic carbocycles. The van der Waals surface area contributed by atoms with Gasteiger partial charge >= 0.3 is 21.1 Å². The Bertz CT molecular complexity index is 2530. The van der Waals surface area contributed by atoms with Crippen LogP contribution in [0.5, 0.6) is 0 Å². The van der Waals surface area contributed by atoms with E-state index in [1.54, 1.807) is 0 Å². The van der Waals surface area contributed by atoms with E-state index in [9.17, 15) is 0 Å². The molecule has 0 radical (unpaired) electrons. The molecule has 0 unspecified atom stereocenters. The van der Waals surface area contributed by atoms with E-state index in [4.69, 9.17) is 0 Å². The molecule has 0 spiro atoms. The molecular weight excluding hydrogens is 760 g/mol. The van der Waals surface area contributed by atoms with E-state index in [1.807, 2.05) is 11.6 Å². The second-order valence-corrected chi connectivity index (χ2v) is 11.9. The first-order valence-electron chi connectivity index (χ1n) is 15.4. The maximum atomic E-state index is 3.88. The fourth-order valence-corrected chi connectivity index (χ4v) is 7.30. The molecule has 2 aliphatic rings. The normalized spacial score (nSPS) is 13.4. The summed E-state index contributed by atoms with van der Waals surface area (Å²) in [5, 5.41) is 2.46. The Labute approximate surface area is 287 Å². The van der Waals surface area contributed by atoms with Crippen molar-refractivity contribution in [2.45, 2.75) is 0 Å². The van der Waals surface area contributed by atoms with Gasteiger partial charge in [0, 0.05) is 27.7 Å². The van der Waals surface area contributed by atoms with Crippen molar-refractivity contribution in [2.24, 2.45) is 7.05 Å². The van der Waals surface area contributed by atoms with Gasteiger partial charge in [-0.3, -0.25) is 0 Å². The standard InChI is InChI=1S/C40H27N6.Pt/c1-41-25-43(35-18-7-5-16-33(35)41)27-11-9-12-29(23-27)45-38-20-10-14-31-30-13-3-4-15-32(30)46(40(31)38)37-22-21-28(24-39(37)45)44-26-42(2)34-17-6-8-19-36(34)44;/h3-22,26H,1-2H3;/q-3;+4. The van der Waals surface area contributed by atoms with E-state index < -0.39 is 0 Å². The van der Waals surface area contributed by atoms with Crippen molar-refractivity contribution in [1.82, 2.24) is 9.13 Å². The van der Waals surface area contributed by atoms with Crippen molar-refractivity contribution in [3.8, 4) is 11.4 Å². The number of para-hydroxylation sites is 6. The van der Waals surface area contributed by atoms with Crippen LogP contribution < -0.4 is 19.3 Å². The van der Waals surface area contributed by atoms with Crippen LogP contribution in [0, 0.1) is 25.1 Å². The molecule has 0 saturated carbocycles. The first kappa shape index (κ1) is 27.9.